The van der Waals surface area contributed by atoms with E-state index in [1.807, 2.05) is 24.3 Å². The first kappa shape index (κ1) is 18.4. The first-order chi connectivity index (χ1) is 12.5. The minimum absolute atomic E-state index is 0.115. The summed E-state index contributed by atoms with van der Waals surface area (Å²) < 4.78 is 0. The number of aryl methyl sites for hydroxylation is 1. The number of piperidine rings is 1. The summed E-state index contributed by atoms with van der Waals surface area (Å²) in [5.41, 5.74) is 3.21. The molecule has 26 heavy (non-hydrogen) atoms. The molecule has 0 radical (unpaired) electrons. The Hall–Kier alpha value is -2.43. The van der Waals surface area contributed by atoms with Crippen LogP contribution in [0, 0.1) is 18.8 Å². The van der Waals surface area contributed by atoms with E-state index in [4.69, 9.17) is 0 Å². The van der Waals surface area contributed by atoms with Crippen molar-refractivity contribution in [2.24, 2.45) is 11.8 Å². The van der Waals surface area contributed by atoms with E-state index in [1.54, 1.807) is 0 Å². The third kappa shape index (κ3) is 4.40. The number of hydrogen-bond acceptors (Lipinski definition) is 4. The Morgan fingerprint density at radius 3 is 2.50 bits per heavy atom. The Bertz CT molecular complexity index is 734. The van der Waals surface area contributed by atoms with Crippen molar-refractivity contribution in [2.75, 3.05) is 24.5 Å². The van der Waals surface area contributed by atoms with Crippen molar-refractivity contribution in [3.8, 4) is 11.3 Å². The second-order valence-corrected chi connectivity index (χ2v) is 7.49. The van der Waals surface area contributed by atoms with Crippen molar-refractivity contribution in [1.82, 2.24) is 15.5 Å². The normalized spacial score (nSPS) is 15.3. The minimum Gasteiger partial charge on any atom is -0.356 e. The Labute approximate surface area is 155 Å². The van der Waals surface area contributed by atoms with Crippen LogP contribution in [-0.4, -0.2) is 35.7 Å². The predicted octanol–water partition coefficient (Wildman–Crippen LogP) is 3.44. The lowest BCUT2D eigenvalue weighted by Crippen LogP contribution is -2.41. The van der Waals surface area contributed by atoms with E-state index < -0.39 is 0 Å². The molecule has 0 spiro atoms. The van der Waals surface area contributed by atoms with Crippen LogP contribution < -0.4 is 10.2 Å². The fourth-order valence-electron chi connectivity index (χ4n) is 3.32. The third-order valence-corrected chi connectivity index (χ3v) is 4.95. The molecule has 5 heteroatoms. The second kappa shape index (κ2) is 8.30. The van der Waals surface area contributed by atoms with E-state index in [-0.39, 0.29) is 11.8 Å². The monoisotopic (exact) mass is 352 g/mol. The number of amides is 1. The highest BCUT2D eigenvalue weighted by Gasteiger charge is 2.25. The van der Waals surface area contributed by atoms with E-state index in [0.717, 1.165) is 49.6 Å². The van der Waals surface area contributed by atoms with E-state index in [1.165, 1.54) is 5.56 Å². The number of nitrogens with one attached hydrogen (secondary N) is 1. The molecule has 1 fully saturated rings. The summed E-state index contributed by atoms with van der Waals surface area (Å²) in [6.45, 7) is 8.76. The molecular formula is C21H28N4O. The maximum atomic E-state index is 12.2. The van der Waals surface area contributed by atoms with Crippen LogP contribution in [0.4, 0.5) is 5.82 Å². The highest BCUT2D eigenvalue weighted by Crippen LogP contribution is 2.24. The van der Waals surface area contributed by atoms with Crippen molar-refractivity contribution in [3.05, 3.63) is 42.0 Å². The van der Waals surface area contributed by atoms with Crippen molar-refractivity contribution in [1.29, 1.82) is 0 Å². The standard InChI is InChI=1S/C21H28N4O/c1-15(2)14-22-21(26)17-10-12-25(13-11-17)20-9-8-19(23-24-20)18-7-5-4-6-16(18)3/h4-9,15,17H,10-14H2,1-3H3,(H,22,26). The molecule has 2 heterocycles. The zero-order chi connectivity index (χ0) is 18.5. The van der Waals surface area contributed by atoms with Crippen molar-refractivity contribution in [2.45, 2.75) is 33.6 Å². The maximum Gasteiger partial charge on any atom is 0.223 e. The van der Waals surface area contributed by atoms with Crippen LogP contribution in [0.3, 0.4) is 0 Å². The molecule has 138 valence electrons. The first-order valence-electron chi connectivity index (χ1n) is 9.47. The molecular weight excluding hydrogens is 324 g/mol. The Morgan fingerprint density at radius 1 is 1.15 bits per heavy atom. The second-order valence-electron chi connectivity index (χ2n) is 7.49. The van der Waals surface area contributed by atoms with Gasteiger partial charge in [0.1, 0.15) is 0 Å². The summed E-state index contributed by atoms with van der Waals surface area (Å²) in [5, 5.41) is 11.9. The molecule has 1 amide bonds. The van der Waals surface area contributed by atoms with Gasteiger partial charge < -0.3 is 10.2 Å². The molecule has 0 unspecified atom stereocenters. The van der Waals surface area contributed by atoms with Crippen LogP contribution in [0.5, 0.6) is 0 Å². The highest BCUT2D eigenvalue weighted by molar-refractivity contribution is 5.79. The summed E-state index contributed by atoms with van der Waals surface area (Å²) in [6.07, 6.45) is 1.73. The molecule has 0 saturated carbocycles. The van der Waals surface area contributed by atoms with Gasteiger partial charge in [-0.2, -0.15) is 0 Å². The van der Waals surface area contributed by atoms with Crippen molar-refractivity contribution >= 4 is 11.7 Å². The molecule has 2 aromatic rings. The molecule has 1 aromatic heterocycles. The lowest BCUT2D eigenvalue weighted by molar-refractivity contribution is -0.125. The summed E-state index contributed by atoms with van der Waals surface area (Å²) in [6, 6.07) is 12.3. The number of anilines is 1. The number of rotatable bonds is 5. The minimum atomic E-state index is 0.115. The molecule has 1 aliphatic rings. The number of benzene rings is 1. The van der Waals surface area contributed by atoms with E-state index in [2.05, 4.69) is 53.3 Å². The molecule has 5 nitrogen and oxygen atoms in total. The molecule has 0 aliphatic carbocycles. The summed E-state index contributed by atoms with van der Waals surface area (Å²) in [4.78, 5) is 14.4. The first-order valence-corrected chi connectivity index (χ1v) is 9.47. The smallest absolute Gasteiger partial charge is 0.223 e. The average molecular weight is 352 g/mol. The van der Waals surface area contributed by atoms with Crippen LogP contribution >= 0.6 is 0 Å². The van der Waals surface area contributed by atoms with Crippen LogP contribution in [0.2, 0.25) is 0 Å². The molecule has 0 bridgehead atoms. The molecule has 1 aromatic carbocycles. The van der Waals surface area contributed by atoms with Gasteiger partial charge in [-0.1, -0.05) is 38.1 Å². The van der Waals surface area contributed by atoms with Gasteiger partial charge in [0.15, 0.2) is 5.82 Å². The Morgan fingerprint density at radius 2 is 1.88 bits per heavy atom. The number of aromatic nitrogens is 2. The van der Waals surface area contributed by atoms with Gasteiger partial charge in [0.2, 0.25) is 5.91 Å². The molecule has 0 atom stereocenters. The Balaban J connectivity index is 1.58. The summed E-state index contributed by atoms with van der Waals surface area (Å²) >= 11 is 0. The van der Waals surface area contributed by atoms with Gasteiger partial charge >= 0.3 is 0 Å². The number of carbonyl (C=O) groups is 1. The fourth-order valence-corrected chi connectivity index (χ4v) is 3.32. The lowest BCUT2D eigenvalue weighted by Gasteiger charge is -2.32. The molecule has 1 aliphatic heterocycles. The number of carbonyl (C=O) groups excluding carboxylic acids is 1. The van der Waals surface area contributed by atoms with Crippen LogP contribution in [0.15, 0.2) is 36.4 Å². The van der Waals surface area contributed by atoms with Crippen molar-refractivity contribution < 1.29 is 4.79 Å². The van der Waals surface area contributed by atoms with Gasteiger partial charge in [-0.3, -0.25) is 4.79 Å². The van der Waals surface area contributed by atoms with Crippen molar-refractivity contribution in [3.63, 3.8) is 0 Å². The van der Waals surface area contributed by atoms with Gasteiger partial charge in [-0.05, 0) is 43.4 Å². The lowest BCUT2D eigenvalue weighted by atomic mass is 9.95. The van der Waals surface area contributed by atoms with Crippen LogP contribution in [-0.2, 0) is 4.79 Å². The Kier molecular flexibility index (Phi) is 5.86. The van der Waals surface area contributed by atoms with Crippen LogP contribution in [0.1, 0.15) is 32.3 Å². The summed E-state index contributed by atoms with van der Waals surface area (Å²) in [7, 11) is 0. The summed E-state index contributed by atoms with van der Waals surface area (Å²) in [5.74, 6) is 1.69. The number of hydrogen-bond donors (Lipinski definition) is 1. The van der Waals surface area contributed by atoms with E-state index >= 15 is 0 Å². The molecule has 1 N–H and O–H groups in total. The predicted molar refractivity (Wildman–Crippen MR) is 105 cm³/mol. The van der Waals surface area contributed by atoms with Crippen LogP contribution in [0.25, 0.3) is 11.3 Å². The van der Waals surface area contributed by atoms with E-state index in [0.29, 0.717) is 5.92 Å². The van der Waals surface area contributed by atoms with Gasteiger partial charge in [0.05, 0.1) is 5.69 Å². The van der Waals surface area contributed by atoms with Gasteiger partial charge in [0, 0.05) is 31.1 Å². The maximum absolute atomic E-state index is 12.2. The molecule has 1 saturated heterocycles. The fraction of sp³-hybridized carbons (Fsp3) is 0.476. The SMILES string of the molecule is Cc1ccccc1-c1ccc(N2CCC(C(=O)NCC(C)C)CC2)nn1. The zero-order valence-corrected chi connectivity index (χ0v) is 15.9. The van der Waals surface area contributed by atoms with E-state index in [9.17, 15) is 4.79 Å². The third-order valence-electron chi connectivity index (χ3n) is 4.95. The average Bonchev–Trinajstić information content (AvgIpc) is 2.67. The topological polar surface area (TPSA) is 58.1 Å². The van der Waals surface area contributed by atoms with Gasteiger partial charge in [0.25, 0.3) is 0 Å². The quantitative estimate of drug-likeness (QED) is 0.895. The zero-order valence-electron chi connectivity index (χ0n) is 15.9. The number of nitrogens with zero attached hydrogens (tertiary/aromatic N) is 3. The largest absolute Gasteiger partial charge is 0.356 e. The highest BCUT2D eigenvalue weighted by atomic mass is 16.1. The molecule has 3 rings (SSSR count). The van der Waals surface area contributed by atoms with Gasteiger partial charge in [-0.15, -0.1) is 10.2 Å². The van der Waals surface area contributed by atoms with Gasteiger partial charge in [-0.25, -0.2) is 0 Å².